The largest absolute Gasteiger partial charge is 0.416 e. The molecule has 2 nitrogen and oxygen atoms in total. The van der Waals surface area contributed by atoms with Crippen molar-refractivity contribution >= 4 is 0 Å². The minimum absolute atomic E-state index is 0.0813. The van der Waals surface area contributed by atoms with Crippen LogP contribution in [-0.2, 0) is 25.4 Å². The zero-order valence-electron chi connectivity index (χ0n) is 19.9. The lowest BCUT2D eigenvalue weighted by atomic mass is 9.72. The van der Waals surface area contributed by atoms with Crippen molar-refractivity contribution < 1.29 is 22.7 Å². The minimum Gasteiger partial charge on any atom is -0.388 e. The summed E-state index contributed by atoms with van der Waals surface area (Å²) < 4.78 is 52.7. The third-order valence-corrected chi connectivity index (χ3v) is 7.21. The number of aryl methyl sites for hydroxylation is 1. The maximum atomic E-state index is 13.8. The van der Waals surface area contributed by atoms with Crippen molar-refractivity contribution in [1.29, 1.82) is 0 Å². The molecule has 1 unspecified atom stereocenters. The van der Waals surface area contributed by atoms with Gasteiger partial charge in [0.2, 0.25) is 0 Å². The van der Waals surface area contributed by atoms with Crippen LogP contribution in [0.5, 0.6) is 0 Å². The van der Waals surface area contributed by atoms with E-state index in [9.17, 15) is 22.7 Å². The number of hydrogen-bond acceptors (Lipinski definition) is 2. The Hall–Kier alpha value is -2.73. The Bertz CT molecular complexity index is 1230. The lowest BCUT2D eigenvalue weighted by Gasteiger charge is -2.36. The Morgan fingerprint density at radius 3 is 2.23 bits per heavy atom. The van der Waals surface area contributed by atoms with E-state index in [2.05, 4.69) is 13.8 Å². The number of alkyl halides is 3. The fourth-order valence-corrected chi connectivity index (χ4v) is 5.38. The van der Waals surface area contributed by atoms with Crippen LogP contribution in [0, 0.1) is 11.2 Å². The van der Waals surface area contributed by atoms with Crippen LogP contribution in [0.4, 0.5) is 17.6 Å². The minimum atomic E-state index is -4.36. The van der Waals surface area contributed by atoms with Gasteiger partial charge in [0.15, 0.2) is 0 Å². The van der Waals surface area contributed by atoms with Crippen LogP contribution < -0.4 is 0 Å². The van der Waals surface area contributed by atoms with Crippen molar-refractivity contribution in [2.45, 2.75) is 70.6 Å². The molecule has 3 aromatic rings. The van der Waals surface area contributed by atoms with Crippen molar-refractivity contribution in [1.82, 2.24) is 4.98 Å². The van der Waals surface area contributed by atoms with E-state index in [1.54, 1.807) is 12.1 Å². The van der Waals surface area contributed by atoms with Crippen LogP contribution in [0.3, 0.4) is 0 Å². The van der Waals surface area contributed by atoms with Gasteiger partial charge in [-0.05, 0) is 90.5 Å². The summed E-state index contributed by atoms with van der Waals surface area (Å²) in [6, 6.07) is 11.6. The molecule has 0 aliphatic heterocycles. The van der Waals surface area contributed by atoms with Gasteiger partial charge in [0, 0.05) is 22.9 Å². The number of benzene rings is 2. The van der Waals surface area contributed by atoms with Crippen molar-refractivity contribution in [3.63, 3.8) is 0 Å². The number of pyridine rings is 1. The van der Waals surface area contributed by atoms with E-state index in [-0.39, 0.29) is 11.2 Å². The molecule has 35 heavy (non-hydrogen) atoms. The molecule has 184 valence electrons. The fraction of sp³-hybridized carbons (Fsp3) is 0.414. The van der Waals surface area contributed by atoms with Crippen molar-refractivity contribution in [3.05, 3.63) is 88.0 Å². The molecule has 0 bridgehead atoms. The van der Waals surface area contributed by atoms with E-state index in [0.29, 0.717) is 25.2 Å². The van der Waals surface area contributed by atoms with Crippen LogP contribution in [0.25, 0.3) is 11.1 Å². The molecule has 1 atom stereocenters. The van der Waals surface area contributed by atoms with Gasteiger partial charge in [0.25, 0.3) is 0 Å². The maximum absolute atomic E-state index is 13.8. The van der Waals surface area contributed by atoms with Crippen molar-refractivity contribution in [2.75, 3.05) is 0 Å². The number of aliphatic hydroxyl groups excluding tert-OH is 1. The first-order valence-electron chi connectivity index (χ1n) is 12.2. The topological polar surface area (TPSA) is 33.1 Å². The fourth-order valence-electron chi connectivity index (χ4n) is 5.38. The van der Waals surface area contributed by atoms with E-state index in [4.69, 9.17) is 4.98 Å². The summed E-state index contributed by atoms with van der Waals surface area (Å²) in [6.07, 6.45) is -0.446. The summed E-state index contributed by atoms with van der Waals surface area (Å²) >= 11 is 0. The number of aliphatic hydroxyl groups is 1. The van der Waals surface area contributed by atoms with Gasteiger partial charge in [0.05, 0.1) is 11.7 Å². The second-order valence-electron chi connectivity index (χ2n) is 10.7. The predicted octanol–water partition coefficient (Wildman–Crippen LogP) is 7.57. The van der Waals surface area contributed by atoms with Gasteiger partial charge >= 0.3 is 6.18 Å². The number of hydrogen-bond donors (Lipinski definition) is 1. The summed E-state index contributed by atoms with van der Waals surface area (Å²) in [5.74, 6) is 0.0244. The van der Waals surface area contributed by atoms with Crippen LogP contribution in [0.2, 0.25) is 0 Å². The average Bonchev–Trinajstić information content (AvgIpc) is 3.62. The van der Waals surface area contributed by atoms with Gasteiger partial charge in [-0.1, -0.05) is 38.1 Å². The number of aromatic nitrogens is 1. The normalized spacial score (nSPS) is 19.5. The third-order valence-electron chi connectivity index (χ3n) is 7.21. The maximum Gasteiger partial charge on any atom is 0.416 e. The molecular formula is C29H29F4NO. The first-order chi connectivity index (χ1) is 16.5. The first kappa shape index (κ1) is 24.0. The number of nitrogens with zero attached hydrogens (tertiary/aromatic N) is 1. The molecule has 1 N–H and O–H groups in total. The van der Waals surface area contributed by atoms with Gasteiger partial charge in [-0.3, -0.25) is 4.98 Å². The van der Waals surface area contributed by atoms with Crippen LogP contribution >= 0.6 is 0 Å². The summed E-state index contributed by atoms with van der Waals surface area (Å²) in [5.41, 5.74) is 5.62. The molecule has 1 fully saturated rings. The molecule has 2 aliphatic rings. The van der Waals surface area contributed by atoms with Gasteiger partial charge in [-0.2, -0.15) is 13.2 Å². The molecule has 2 aromatic carbocycles. The lowest BCUT2D eigenvalue weighted by molar-refractivity contribution is -0.137. The second kappa shape index (κ2) is 8.74. The predicted molar refractivity (Wildman–Crippen MR) is 128 cm³/mol. The van der Waals surface area contributed by atoms with Crippen LogP contribution in [0.15, 0.2) is 48.5 Å². The van der Waals surface area contributed by atoms with Crippen LogP contribution in [-0.4, -0.2) is 10.1 Å². The van der Waals surface area contributed by atoms with E-state index < -0.39 is 17.8 Å². The Morgan fingerprint density at radius 1 is 0.971 bits per heavy atom. The molecule has 1 aromatic heterocycles. The quantitative estimate of drug-likeness (QED) is 0.380. The highest BCUT2D eigenvalue weighted by atomic mass is 19.4. The van der Waals surface area contributed by atoms with E-state index in [0.717, 1.165) is 70.6 Å². The second-order valence-corrected chi connectivity index (χ2v) is 10.7. The molecular weight excluding hydrogens is 454 g/mol. The molecule has 0 radical (unpaired) electrons. The van der Waals surface area contributed by atoms with Gasteiger partial charge in [-0.15, -0.1) is 0 Å². The molecule has 0 saturated heterocycles. The Kier molecular flexibility index (Phi) is 5.99. The zero-order valence-corrected chi connectivity index (χ0v) is 19.9. The Balaban J connectivity index is 1.60. The zero-order chi connectivity index (χ0) is 25.0. The SMILES string of the molecule is CC1(C)Cc2nc(C3CC3)c(CCc3ccc(C(F)(F)F)cc3)c(-c3ccc(F)cc3)c2C(O)C1. The molecule has 0 spiro atoms. The molecule has 5 rings (SSSR count). The van der Waals surface area contributed by atoms with Crippen molar-refractivity contribution in [2.24, 2.45) is 5.41 Å². The highest BCUT2D eigenvalue weighted by Crippen LogP contribution is 2.50. The van der Waals surface area contributed by atoms with E-state index in [1.165, 1.54) is 24.3 Å². The van der Waals surface area contributed by atoms with Crippen LogP contribution in [0.1, 0.15) is 78.8 Å². The summed E-state index contributed by atoms with van der Waals surface area (Å²) in [5, 5.41) is 11.2. The molecule has 1 saturated carbocycles. The molecule has 1 heterocycles. The summed E-state index contributed by atoms with van der Waals surface area (Å²) in [6.45, 7) is 4.27. The Labute approximate surface area is 203 Å². The van der Waals surface area contributed by atoms with Gasteiger partial charge in [-0.25, -0.2) is 4.39 Å². The van der Waals surface area contributed by atoms with Gasteiger partial charge < -0.3 is 5.11 Å². The molecule has 6 heteroatoms. The third kappa shape index (κ3) is 4.99. The molecule has 2 aliphatic carbocycles. The average molecular weight is 484 g/mol. The highest BCUT2D eigenvalue weighted by molar-refractivity contribution is 5.74. The van der Waals surface area contributed by atoms with E-state index >= 15 is 0 Å². The monoisotopic (exact) mass is 483 g/mol. The van der Waals surface area contributed by atoms with Gasteiger partial charge in [0.1, 0.15) is 5.82 Å². The lowest BCUT2D eigenvalue weighted by Crippen LogP contribution is -2.28. The van der Waals surface area contributed by atoms with Crippen molar-refractivity contribution in [3.8, 4) is 11.1 Å². The number of fused-ring (bicyclic) bond motifs is 1. The Morgan fingerprint density at radius 2 is 1.63 bits per heavy atom. The summed E-state index contributed by atoms with van der Waals surface area (Å²) in [4.78, 5) is 5.10. The summed E-state index contributed by atoms with van der Waals surface area (Å²) in [7, 11) is 0. The number of rotatable bonds is 5. The standard InChI is InChI=1S/C29H29F4NO/c1-28(2)15-23-26(24(35)16-28)25(18-8-12-21(30)13-9-18)22(27(34-23)19-6-7-19)14-5-17-3-10-20(11-4-17)29(31,32)33/h3-4,8-13,19,24,35H,5-7,14-16H2,1-2H3. The smallest absolute Gasteiger partial charge is 0.388 e. The van der Waals surface area contributed by atoms with E-state index in [1.807, 2.05) is 0 Å². The number of halogens is 4. The molecule has 0 amide bonds. The highest BCUT2D eigenvalue weighted by Gasteiger charge is 2.38. The first-order valence-corrected chi connectivity index (χ1v) is 12.2.